The third-order valence-electron chi connectivity index (χ3n) is 5.85. The summed E-state index contributed by atoms with van der Waals surface area (Å²) >= 11 is 0. The Hall–Kier alpha value is -2.82. The predicted molar refractivity (Wildman–Crippen MR) is 130 cm³/mol. The topological polar surface area (TPSA) is 106 Å². The largest absolute Gasteiger partial charge is 0.497 e. The number of carbonyl (C=O) groups is 1. The average molecular weight is 492 g/mol. The predicted octanol–water partition coefficient (Wildman–Crippen LogP) is 2.59. The van der Waals surface area contributed by atoms with Gasteiger partial charge in [0.2, 0.25) is 0 Å². The van der Waals surface area contributed by atoms with Gasteiger partial charge in [-0.25, -0.2) is 8.42 Å². The van der Waals surface area contributed by atoms with Crippen molar-refractivity contribution in [3.8, 4) is 11.5 Å². The van der Waals surface area contributed by atoms with Gasteiger partial charge >= 0.3 is 0 Å². The van der Waals surface area contributed by atoms with Crippen LogP contribution in [0.1, 0.15) is 24.2 Å². The molecule has 0 bridgehead atoms. The Labute approximate surface area is 201 Å². The molecule has 34 heavy (non-hydrogen) atoms. The van der Waals surface area contributed by atoms with E-state index in [4.69, 9.17) is 14.2 Å². The monoisotopic (exact) mass is 491 g/mol. The average Bonchev–Trinajstić information content (AvgIpc) is 2.83. The van der Waals surface area contributed by atoms with E-state index >= 15 is 0 Å². The van der Waals surface area contributed by atoms with Crippen LogP contribution in [0.15, 0.2) is 47.4 Å². The fourth-order valence-electron chi connectivity index (χ4n) is 3.69. The summed E-state index contributed by atoms with van der Waals surface area (Å²) in [5, 5.41) is 3.42. The number of rotatable bonds is 5. The highest BCUT2D eigenvalue weighted by Gasteiger charge is 2.26. The first-order valence-electron chi connectivity index (χ1n) is 11.1. The molecule has 1 aliphatic rings. The molecule has 0 saturated heterocycles. The molecule has 0 fully saturated rings. The van der Waals surface area contributed by atoms with Crippen LogP contribution in [0.5, 0.6) is 11.5 Å². The SMILES string of the molecule is COc1ccc(S(=O)(=O)Nc2ccc3c(c2)OC[C@@H](C)NC[C@H](C)[C@H](OC)CN(C)C3=O)cc1. The summed E-state index contributed by atoms with van der Waals surface area (Å²) < 4.78 is 45.0. The van der Waals surface area contributed by atoms with Gasteiger partial charge in [0.25, 0.3) is 15.9 Å². The molecular formula is C24H33N3O6S. The van der Waals surface area contributed by atoms with Gasteiger partial charge in [-0.05, 0) is 49.2 Å². The fraction of sp³-hybridized carbons (Fsp3) is 0.458. The van der Waals surface area contributed by atoms with Crippen molar-refractivity contribution in [2.24, 2.45) is 5.92 Å². The van der Waals surface area contributed by atoms with Crippen LogP contribution in [0.4, 0.5) is 5.69 Å². The van der Waals surface area contributed by atoms with Crippen molar-refractivity contribution in [1.29, 1.82) is 0 Å². The third-order valence-corrected chi connectivity index (χ3v) is 7.25. The van der Waals surface area contributed by atoms with Gasteiger partial charge in [0, 0.05) is 39.4 Å². The Morgan fingerprint density at radius 2 is 1.82 bits per heavy atom. The zero-order valence-electron chi connectivity index (χ0n) is 20.2. The van der Waals surface area contributed by atoms with Crippen molar-refractivity contribution in [3.63, 3.8) is 0 Å². The second kappa shape index (κ2) is 11.1. The van der Waals surface area contributed by atoms with Crippen LogP contribution in [0.2, 0.25) is 0 Å². The van der Waals surface area contributed by atoms with Crippen LogP contribution in [-0.4, -0.2) is 72.3 Å². The van der Waals surface area contributed by atoms with E-state index in [2.05, 4.69) is 17.0 Å². The number of benzene rings is 2. The van der Waals surface area contributed by atoms with Crippen molar-refractivity contribution >= 4 is 21.6 Å². The summed E-state index contributed by atoms with van der Waals surface area (Å²) in [6.07, 6.45) is -0.131. The molecule has 0 radical (unpaired) electrons. The Kier molecular flexibility index (Phi) is 8.40. The molecule has 3 rings (SSSR count). The minimum absolute atomic E-state index is 0.0136. The summed E-state index contributed by atoms with van der Waals surface area (Å²) in [5.41, 5.74) is 0.645. The lowest BCUT2D eigenvalue weighted by atomic mass is 10.0. The first kappa shape index (κ1) is 25.8. The summed E-state index contributed by atoms with van der Waals surface area (Å²) in [6, 6.07) is 10.8. The van der Waals surface area contributed by atoms with Crippen LogP contribution in [0.3, 0.4) is 0 Å². The van der Waals surface area contributed by atoms with E-state index in [-0.39, 0.29) is 28.9 Å². The number of fused-ring (bicyclic) bond motifs is 1. The van der Waals surface area contributed by atoms with Gasteiger partial charge in [0.1, 0.15) is 18.1 Å². The number of anilines is 1. The Bertz CT molecular complexity index is 1090. The number of ether oxygens (including phenoxy) is 3. The highest BCUT2D eigenvalue weighted by Crippen LogP contribution is 2.28. The van der Waals surface area contributed by atoms with Gasteiger partial charge < -0.3 is 24.4 Å². The van der Waals surface area contributed by atoms with Crippen molar-refractivity contribution < 1.29 is 27.4 Å². The molecule has 2 aromatic carbocycles. The van der Waals surface area contributed by atoms with E-state index in [1.54, 1.807) is 43.3 Å². The molecule has 1 aliphatic heterocycles. The third kappa shape index (κ3) is 6.19. The van der Waals surface area contributed by atoms with E-state index in [1.807, 2.05) is 6.92 Å². The van der Waals surface area contributed by atoms with Gasteiger partial charge in [0.15, 0.2) is 0 Å². The standard InChI is InChI=1S/C24H33N3O6S/c1-16-13-25-17(2)15-33-22-12-18(6-11-21(22)24(28)27(3)14-23(16)32-5)26-34(29,30)20-9-7-19(31-4)8-10-20/h6-12,16-17,23,25-26H,13-15H2,1-5H3/t16-,17+,23+/m0/s1. The quantitative estimate of drug-likeness (QED) is 0.662. The smallest absolute Gasteiger partial charge is 0.261 e. The molecule has 1 heterocycles. The van der Waals surface area contributed by atoms with Gasteiger partial charge in [-0.2, -0.15) is 0 Å². The van der Waals surface area contributed by atoms with Gasteiger partial charge in [-0.15, -0.1) is 0 Å². The fourth-order valence-corrected chi connectivity index (χ4v) is 4.74. The number of nitrogens with one attached hydrogen (secondary N) is 2. The lowest BCUT2D eigenvalue weighted by molar-refractivity contribution is 0.0281. The molecule has 2 N–H and O–H groups in total. The number of sulfonamides is 1. The highest BCUT2D eigenvalue weighted by atomic mass is 32.2. The molecule has 2 aromatic rings. The molecule has 0 unspecified atom stereocenters. The first-order valence-corrected chi connectivity index (χ1v) is 12.6. The Morgan fingerprint density at radius 3 is 2.47 bits per heavy atom. The maximum atomic E-state index is 13.2. The second-order valence-corrected chi connectivity index (χ2v) is 10.2. The van der Waals surface area contributed by atoms with Gasteiger partial charge in [0.05, 0.1) is 29.4 Å². The lowest BCUT2D eigenvalue weighted by Gasteiger charge is -2.30. The summed E-state index contributed by atoms with van der Waals surface area (Å²) in [6.45, 7) is 5.50. The van der Waals surface area contributed by atoms with Crippen LogP contribution < -0.4 is 19.5 Å². The zero-order valence-corrected chi connectivity index (χ0v) is 21.0. The second-order valence-electron chi connectivity index (χ2n) is 8.55. The molecule has 9 nitrogen and oxygen atoms in total. The van der Waals surface area contributed by atoms with Gasteiger partial charge in [-0.1, -0.05) is 6.92 Å². The molecule has 0 saturated carbocycles. The molecular weight excluding hydrogens is 458 g/mol. The summed E-state index contributed by atoms with van der Waals surface area (Å²) in [5.74, 6) is 0.831. The van der Waals surface area contributed by atoms with Gasteiger partial charge in [-0.3, -0.25) is 9.52 Å². The van der Waals surface area contributed by atoms with Crippen molar-refractivity contribution in [2.75, 3.05) is 45.7 Å². The van der Waals surface area contributed by atoms with Crippen molar-refractivity contribution in [3.05, 3.63) is 48.0 Å². The van der Waals surface area contributed by atoms with Crippen molar-refractivity contribution in [2.45, 2.75) is 30.9 Å². The van der Waals surface area contributed by atoms with E-state index in [1.165, 1.54) is 25.3 Å². The Balaban J connectivity index is 1.90. The van der Waals surface area contributed by atoms with E-state index < -0.39 is 10.0 Å². The maximum Gasteiger partial charge on any atom is 0.261 e. The zero-order chi connectivity index (χ0) is 24.9. The molecule has 0 spiro atoms. The first-order chi connectivity index (χ1) is 16.1. The van der Waals surface area contributed by atoms with Crippen LogP contribution in [-0.2, 0) is 14.8 Å². The van der Waals surface area contributed by atoms with E-state index in [0.717, 1.165) is 0 Å². The highest BCUT2D eigenvalue weighted by molar-refractivity contribution is 7.92. The molecule has 0 aromatic heterocycles. The summed E-state index contributed by atoms with van der Waals surface area (Å²) in [4.78, 5) is 14.9. The Morgan fingerprint density at radius 1 is 1.12 bits per heavy atom. The summed E-state index contributed by atoms with van der Waals surface area (Å²) in [7, 11) is 1.03. The molecule has 1 amide bonds. The number of hydrogen-bond acceptors (Lipinski definition) is 7. The number of hydrogen-bond donors (Lipinski definition) is 2. The van der Waals surface area contributed by atoms with Crippen LogP contribution in [0.25, 0.3) is 0 Å². The van der Waals surface area contributed by atoms with E-state index in [9.17, 15) is 13.2 Å². The van der Waals surface area contributed by atoms with Crippen molar-refractivity contribution in [1.82, 2.24) is 10.2 Å². The number of amides is 1. The number of methoxy groups -OCH3 is 2. The minimum atomic E-state index is -3.84. The lowest BCUT2D eigenvalue weighted by Crippen LogP contribution is -2.44. The number of likely N-dealkylation sites (N-methyl/N-ethyl adjacent to an activating group) is 1. The number of carbonyl (C=O) groups excluding carboxylic acids is 1. The van der Waals surface area contributed by atoms with Crippen LogP contribution in [0, 0.1) is 5.92 Å². The van der Waals surface area contributed by atoms with E-state index in [0.29, 0.717) is 42.4 Å². The molecule has 0 aliphatic carbocycles. The van der Waals surface area contributed by atoms with Crippen LogP contribution >= 0.6 is 0 Å². The molecule has 186 valence electrons. The normalized spacial score (nSPS) is 22.1. The minimum Gasteiger partial charge on any atom is -0.497 e. The molecule has 3 atom stereocenters. The number of nitrogens with zero attached hydrogens (tertiary/aromatic N) is 1. The molecule has 10 heteroatoms. The maximum absolute atomic E-state index is 13.2.